The maximum atomic E-state index is 13.6. The first-order chi connectivity index (χ1) is 20.1. The molecule has 1 atom stereocenters. The number of fused-ring (bicyclic) bond motifs is 6. The number of aryl methyl sites for hydroxylation is 2. The SMILES string of the molecule is Cc1cccc(C)c1-c1cc2nc(n1)NS(=O)(=O)c1cccc(c1)C(=O)N1CCN(CC3CC(C(=O)O)C3)C[C@H](C1)O2. The predicted octanol–water partition coefficient (Wildman–Crippen LogP) is 3.19. The van der Waals surface area contributed by atoms with Crippen molar-refractivity contribution in [1.82, 2.24) is 19.8 Å². The van der Waals surface area contributed by atoms with Crippen molar-refractivity contribution >= 4 is 27.8 Å². The van der Waals surface area contributed by atoms with Gasteiger partial charge in [-0.3, -0.25) is 14.5 Å². The first kappa shape index (κ1) is 28.1. The number of nitrogens with zero attached hydrogens (tertiary/aromatic N) is 4. The molecule has 3 aromatic rings. The second-order valence-corrected chi connectivity index (χ2v) is 13.1. The summed E-state index contributed by atoms with van der Waals surface area (Å²) in [5.74, 6) is -0.995. The number of amides is 1. The van der Waals surface area contributed by atoms with E-state index in [9.17, 15) is 23.1 Å². The lowest BCUT2D eigenvalue weighted by Gasteiger charge is -2.36. The number of aromatic nitrogens is 2. The highest BCUT2D eigenvalue weighted by atomic mass is 32.2. The van der Waals surface area contributed by atoms with E-state index in [2.05, 4.69) is 19.6 Å². The Balaban J connectivity index is 1.40. The van der Waals surface area contributed by atoms with Gasteiger partial charge in [-0.2, -0.15) is 4.98 Å². The molecule has 42 heavy (non-hydrogen) atoms. The van der Waals surface area contributed by atoms with Gasteiger partial charge in [0.2, 0.25) is 11.8 Å². The molecule has 6 rings (SSSR count). The van der Waals surface area contributed by atoms with Crippen LogP contribution < -0.4 is 9.46 Å². The van der Waals surface area contributed by atoms with E-state index < -0.39 is 22.1 Å². The number of aliphatic carboxylic acids is 1. The summed E-state index contributed by atoms with van der Waals surface area (Å²) in [5.41, 5.74) is 3.57. The first-order valence-corrected chi connectivity index (χ1v) is 15.5. The van der Waals surface area contributed by atoms with Gasteiger partial charge in [0, 0.05) is 43.4 Å². The molecular formula is C30H33N5O6S. The van der Waals surface area contributed by atoms with Crippen molar-refractivity contribution in [2.75, 3.05) is 37.4 Å². The van der Waals surface area contributed by atoms with E-state index in [0.717, 1.165) is 16.7 Å². The molecule has 1 saturated heterocycles. The average molecular weight is 592 g/mol. The molecular weight excluding hydrogens is 558 g/mol. The molecule has 1 aliphatic carbocycles. The number of carbonyl (C=O) groups excluding carboxylic acids is 1. The van der Waals surface area contributed by atoms with Gasteiger partial charge in [0.15, 0.2) is 0 Å². The Kier molecular flexibility index (Phi) is 7.36. The molecule has 0 radical (unpaired) electrons. The van der Waals surface area contributed by atoms with Crippen LogP contribution in [0.2, 0.25) is 0 Å². The van der Waals surface area contributed by atoms with Crippen LogP contribution in [0.25, 0.3) is 11.3 Å². The van der Waals surface area contributed by atoms with Gasteiger partial charge >= 0.3 is 5.97 Å². The second-order valence-electron chi connectivity index (χ2n) is 11.4. The Labute approximate surface area is 244 Å². The third-order valence-electron chi connectivity index (χ3n) is 8.30. The van der Waals surface area contributed by atoms with Crippen LogP contribution in [-0.4, -0.2) is 84.0 Å². The van der Waals surface area contributed by atoms with Crippen molar-refractivity contribution in [3.05, 3.63) is 65.2 Å². The first-order valence-electron chi connectivity index (χ1n) is 14.1. The number of hydrogen-bond donors (Lipinski definition) is 2. The minimum absolute atomic E-state index is 0.0675. The highest BCUT2D eigenvalue weighted by Crippen LogP contribution is 2.35. The fraction of sp³-hybridized carbons (Fsp3) is 0.400. The fourth-order valence-corrected chi connectivity index (χ4v) is 7.11. The Bertz CT molecular complexity index is 1640. The maximum Gasteiger partial charge on any atom is 0.306 e. The highest BCUT2D eigenvalue weighted by Gasteiger charge is 2.37. The number of anilines is 1. The van der Waals surface area contributed by atoms with E-state index >= 15 is 0 Å². The van der Waals surface area contributed by atoms with Crippen molar-refractivity contribution in [3.8, 4) is 17.1 Å². The largest absolute Gasteiger partial charge is 0.481 e. The van der Waals surface area contributed by atoms with Gasteiger partial charge in [-0.1, -0.05) is 24.3 Å². The number of benzene rings is 2. The lowest BCUT2D eigenvalue weighted by Crippen LogP contribution is -2.43. The van der Waals surface area contributed by atoms with E-state index in [-0.39, 0.29) is 46.6 Å². The molecule has 11 nitrogen and oxygen atoms in total. The summed E-state index contributed by atoms with van der Waals surface area (Å²) in [6, 6.07) is 13.5. The second kappa shape index (κ2) is 11.0. The van der Waals surface area contributed by atoms with Crippen molar-refractivity contribution in [2.24, 2.45) is 11.8 Å². The number of carbonyl (C=O) groups is 2. The Hall–Kier alpha value is -4.03. The number of carboxylic acid groups (broad SMARTS) is 1. The van der Waals surface area contributed by atoms with Gasteiger partial charge in [0.25, 0.3) is 15.9 Å². The summed E-state index contributed by atoms with van der Waals surface area (Å²) in [5, 5.41) is 9.30. The third kappa shape index (κ3) is 5.68. The Morgan fingerprint density at radius 2 is 1.79 bits per heavy atom. The standard InChI is InChI=1S/C30H33N5O6S/c1-18-5-3-6-19(2)27(18)25-14-26-32-30(31-25)33-42(39,40)24-8-4-7-21(13-24)28(36)35-10-9-34(16-23(17-35)41-26)15-20-11-22(12-20)29(37)38/h3-8,13-14,20,22-23H,9-12,15-17H2,1-2H3,(H,37,38)(H,31,32,33)/t20?,22?,23-/m1/s1. The topological polar surface area (TPSA) is 142 Å². The zero-order chi connectivity index (χ0) is 29.6. The molecule has 1 amide bonds. The van der Waals surface area contributed by atoms with E-state index in [1.54, 1.807) is 23.1 Å². The molecule has 12 heteroatoms. The molecule has 6 bridgehead atoms. The predicted molar refractivity (Wildman–Crippen MR) is 155 cm³/mol. The van der Waals surface area contributed by atoms with Crippen LogP contribution in [-0.2, 0) is 14.8 Å². The monoisotopic (exact) mass is 591 g/mol. The van der Waals surface area contributed by atoms with Crippen molar-refractivity contribution in [1.29, 1.82) is 0 Å². The fourth-order valence-electron chi connectivity index (χ4n) is 6.12. The lowest BCUT2D eigenvalue weighted by atomic mass is 9.74. The normalized spacial score (nSPS) is 23.6. The van der Waals surface area contributed by atoms with Crippen molar-refractivity contribution in [3.63, 3.8) is 0 Å². The minimum Gasteiger partial charge on any atom is -0.481 e. The van der Waals surface area contributed by atoms with Crippen LogP contribution in [0, 0.1) is 25.7 Å². The summed E-state index contributed by atoms with van der Waals surface area (Å²) in [4.78, 5) is 37.8. The van der Waals surface area contributed by atoms with Gasteiger partial charge in [0.1, 0.15) is 6.10 Å². The van der Waals surface area contributed by atoms with E-state index in [1.165, 1.54) is 12.1 Å². The van der Waals surface area contributed by atoms with E-state index in [1.807, 2.05) is 32.0 Å². The number of nitrogens with one attached hydrogen (secondary N) is 1. The van der Waals surface area contributed by atoms with Gasteiger partial charge in [-0.25, -0.2) is 18.1 Å². The van der Waals surface area contributed by atoms with Crippen LogP contribution in [0.5, 0.6) is 5.88 Å². The summed E-state index contributed by atoms with van der Waals surface area (Å²) in [6.07, 6.45) is 0.809. The molecule has 220 valence electrons. The average Bonchev–Trinajstić information content (AvgIpc) is 3.11. The summed E-state index contributed by atoms with van der Waals surface area (Å²) < 4.78 is 35.7. The zero-order valence-electron chi connectivity index (χ0n) is 23.5. The molecule has 3 heterocycles. The molecule has 3 aliphatic rings. The Morgan fingerprint density at radius 3 is 2.52 bits per heavy atom. The molecule has 0 spiro atoms. The van der Waals surface area contributed by atoms with Crippen LogP contribution in [0.15, 0.2) is 53.4 Å². The molecule has 2 fully saturated rings. The molecule has 2 aromatic carbocycles. The third-order valence-corrected chi connectivity index (χ3v) is 9.63. The van der Waals surface area contributed by atoms with Crippen LogP contribution >= 0.6 is 0 Å². The van der Waals surface area contributed by atoms with E-state index in [4.69, 9.17) is 4.74 Å². The highest BCUT2D eigenvalue weighted by molar-refractivity contribution is 7.92. The molecule has 2 N–H and O–H groups in total. The zero-order valence-corrected chi connectivity index (χ0v) is 24.3. The van der Waals surface area contributed by atoms with Crippen LogP contribution in [0.3, 0.4) is 0 Å². The molecule has 0 unspecified atom stereocenters. The number of sulfonamides is 1. The van der Waals surface area contributed by atoms with E-state index in [0.29, 0.717) is 44.7 Å². The number of carboxylic acids is 1. The minimum atomic E-state index is -4.11. The number of ether oxygens (including phenoxy) is 1. The quantitative estimate of drug-likeness (QED) is 0.468. The Morgan fingerprint density at radius 1 is 1.05 bits per heavy atom. The summed E-state index contributed by atoms with van der Waals surface area (Å²) >= 11 is 0. The summed E-state index contributed by atoms with van der Waals surface area (Å²) in [7, 11) is -4.11. The number of rotatable bonds is 4. The van der Waals surface area contributed by atoms with Crippen LogP contribution in [0.4, 0.5) is 5.95 Å². The van der Waals surface area contributed by atoms with Gasteiger partial charge in [0.05, 0.1) is 23.1 Å². The lowest BCUT2D eigenvalue weighted by molar-refractivity contribution is -0.146. The molecule has 1 saturated carbocycles. The van der Waals surface area contributed by atoms with Crippen molar-refractivity contribution in [2.45, 2.75) is 37.7 Å². The molecule has 2 aliphatic heterocycles. The maximum absolute atomic E-state index is 13.6. The van der Waals surface area contributed by atoms with Crippen LogP contribution in [0.1, 0.15) is 34.3 Å². The van der Waals surface area contributed by atoms with Crippen molar-refractivity contribution < 1.29 is 27.9 Å². The van der Waals surface area contributed by atoms with Gasteiger partial charge < -0.3 is 14.7 Å². The smallest absolute Gasteiger partial charge is 0.306 e. The number of hydrogen-bond acceptors (Lipinski definition) is 8. The van der Waals surface area contributed by atoms with Gasteiger partial charge in [-0.05, 0) is 61.9 Å². The summed E-state index contributed by atoms with van der Waals surface area (Å²) in [6.45, 7) is 6.43. The molecule has 1 aromatic heterocycles. The van der Waals surface area contributed by atoms with Gasteiger partial charge in [-0.15, -0.1) is 0 Å².